The number of ether oxygens (including phenoxy) is 1. The van der Waals surface area contributed by atoms with Gasteiger partial charge >= 0.3 is 0 Å². The Morgan fingerprint density at radius 1 is 1.32 bits per heavy atom. The molecular formula is C15H23NO3. The molecule has 0 aromatic heterocycles. The molecule has 0 saturated carbocycles. The van der Waals surface area contributed by atoms with Crippen LogP contribution >= 0.6 is 0 Å². The minimum absolute atomic E-state index is 0.0469. The van der Waals surface area contributed by atoms with Crippen LogP contribution in [-0.2, 0) is 16.0 Å². The second-order valence-electron chi connectivity index (χ2n) is 4.91. The third kappa shape index (κ3) is 6.36. The van der Waals surface area contributed by atoms with Crippen molar-refractivity contribution < 1.29 is 14.6 Å². The van der Waals surface area contributed by atoms with Gasteiger partial charge in [0.25, 0.3) is 0 Å². The quantitative estimate of drug-likeness (QED) is 0.782. The lowest BCUT2D eigenvalue weighted by Gasteiger charge is -2.11. The number of amides is 1. The highest BCUT2D eigenvalue weighted by molar-refractivity contribution is 5.76. The van der Waals surface area contributed by atoms with Crippen molar-refractivity contribution in [3.8, 4) is 0 Å². The summed E-state index contributed by atoms with van der Waals surface area (Å²) < 4.78 is 4.79. The van der Waals surface area contributed by atoms with Gasteiger partial charge in [-0.05, 0) is 25.8 Å². The van der Waals surface area contributed by atoms with Crippen molar-refractivity contribution in [2.75, 3.05) is 20.3 Å². The molecule has 1 amide bonds. The average Bonchev–Trinajstić information content (AvgIpc) is 2.33. The first-order chi connectivity index (χ1) is 9.01. The van der Waals surface area contributed by atoms with E-state index in [1.54, 1.807) is 0 Å². The number of aryl methyl sites for hydroxylation is 3. The number of hydrogen-bond acceptors (Lipinski definition) is 3. The molecule has 0 saturated heterocycles. The van der Waals surface area contributed by atoms with Crippen LogP contribution in [0.3, 0.4) is 0 Å². The molecule has 4 nitrogen and oxygen atoms in total. The summed E-state index contributed by atoms with van der Waals surface area (Å²) in [5.74, 6) is -0.0469. The normalized spacial score (nSPS) is 12.2. The molecule has 4 heteroatoms. The Balaban J connectivity index is 2.33. The maximum Gasteiger partial charge on any atom is 0.220 e. The fourth-order valence-corrected chi connectivity index (χ4v) is 2.04. The average molecular weight is 265 g/mol. The predicted molar refractivity (Wildman–Crippen MR) is 75.1 cm³/mol. The van der Waals surface area contributed by atoms with Crippen LogP contribution in [0.1, 0.15) is 23.1 Å². The molecule has 0 aliphatic heterocycles. The minimum atomic E-state index is -0.643. The Labute approximate surface area is 114 Å². The molecule has 1 aromatic rings. The van der Waals surface area contributed by atoms with E-state index in [0.717, 1.165) is 0 Å². The van der Waals surface area contributed by atoms with Crippen LogP contribution in [0.15, 0.2) is 18.2 Å². The Morgan fingerprint density at radius 3 is 2.53 bits per heavy atom. The van der Waals surface area contributed by atoms with E-state index in [0.29, 0.717) is 12.8 Å². The first-order valence-corrected chi connectivity index (χ1v) is 6.52. The molecule has 19 heavy (non-hydrogen) atoms. The number of methoxy groups -OCH3 is 1. The molecule has 0 spiro atoms. The third-order valence-electron chi connectivity index (χ3n) is 2.82. The van der Waals surface area contributed by atoms with Gasteiger partial charge in [0.15, 0.2) is 0 Å². The smallest absolute Gasteiger partial charge is 0.220 e. The highest BCUT2D eigenvalue weighted by atomic mass is 16.5. The maximum atomic E-state index is 11.6. The summed E-state index contributed by atoms with van der Waals surface area (Å²) in [6.45, 7) is 4.58. The maximum absolute atomic E-state index is 11.6. The molecule has 0 aliphatic rings. The number of carbonyl (C=O) groups is 1. The molecule has 0 fully saturated rings. The zero-order valence-electron chi connectivity index (χ0n) is 11.9. The van der Waals surface area contributed by atoms with Gasteiger partial charge in [0.05, 0.1) is 12.7 Å². The molecule has 0 aliphatic carbocycles. The SMILES string of the molecule is COCC(O)CNC(=O)CCc1cc(C)cc(C)c1. The van der Waals surface area contributed by atoms with Gasteiger partial charge in [-0.2, -0.15) is 0 Å². The molecular weight excluding hydrogens is 242 g/mol. The minimum Gasteiger partial charge on any atom is -0.389 e. The fourth-order valence-electron chi connectivity index (χ4n) is 2.04. The molecule has 0 bridgehead atoms. The number of benzene rings is 1. The first kappa shape index (κ1) is 15.7. The van der Waals surface area contributed by atoms with Crippen molar-refractivity contribution in [3.05, 3.63) is 34.9 Å². The number of hydrogen-bond donors (Lipinski definition) is 2. The van der Waals surface area contributed by atoms with Gasteiger partial charge in [0.2, 0.25) is 5.91 Å². The second kappa shape index (κ2) is 7.92. The van der Waals surface area contributed by atoms with Gasteiger partial charge in [-0.25, -0.2) is 0 Å². The van der Waals surface area contributed by atoms with Crippen LogP contribution < -0.4 is 5.32 Å². The fraction of sp³-hybridized carbons (Fsp3) is 0.533. The molecule has 1 unspecified atom stereocenters. The van der Waals surface area contributed by atoms with Crippen molar-refractivity contribution in [3.63, 3.8) is 0 Å². The Bertz CT molecular complexity index is 398. The van der Waals surface area contributed by atoms with E-state index >= 15 is 0 Å². The highest BCUT2D eigenvalue weighted by Crippen LogP contribution is 2.10. The summed E-state index contributed by atoms with van der Waals surface area (Å²) in [5.41, 5.74) is 3.60. The Kier molecular flexibility index (Phi) is 6.53. The largest absolute Gasteiger partial charge is 0.389 e. The summed E-state index contributed by atoms with van der Waals surface area (Å²) in [4.78, 5) is 11.6. The lowest BCUT2D eigenvalue weighted by molar-refractivity contribution is -0.121. The van der Waals surface area contributed by atoms with Crippen LogP contribution in [0.25, 0.3) is 0 Å². The summed E-state index contributed by atoms with van der Waals surface area (Å²) in [7, 11) is 1.52. The van der Waals surface area contributed by atoms with Gasteiger partial charge in [0.1, 0.15) is 0 Å². The lowest BCUT2D eigenvalue weighted by atomic mass is 10.0. The highest BCUT2D eigenvalue weighted by Gasteiger charge is 2.07. The van der Waals surface area contributed by atoms with Crippen LogP contribution in [0.4, 0.5) is 0 Å². The zero-order chi connectivity index (χ0) is 14.3. The van der Waals surface area contributed by atoms with Gasteiger partial charge in [0, 0.05) is 20.1 Å². The number of carbonyl (C=O) groups excluding carboxylic acids is 1. The molecule has 0 heterocycles. The van der Waals surface area contributed by atoms with Crippen molar-refractivity contribution in [2.45, 2.75) is 32.8 Å². The van der Waals surface area contributed by atoms with Gasteiger partial charge in [-0.3, -0.25) is 4.79 Å². The van der Waals surface area contributed by atoms with Crippen molar-refractivity contribution >= 4 is 5.91 Å². The monoisotopic (exact) mass is 265 g/mol. The van der Waals surface area contributed by atoms with E-state index in [9.17, 15) is 9.90 Å². The second-order valence-corrected chi connectivity index (χ2v) is 4.91. The zero-order valence-corrected chi connectivity index (χ0v) is 11.9. The van der Waals surface area contributed by atoms with Crippen LogP contribution in [0.2, 0.25) is 0 Å². The lowest BCUT2D eigenvalue weighted by Crippen LogP contribution is -2.34. The Hall–Kier alpha value is -1.39. The third-order valence-corrected chi connectivity index (χ3v) is 2.82. The Morgan fingerprint density at radius 2 is 1.95 bits per heavy atom. The van der Waals surface area contributed by atoms with E-state index in [-0.39, 0.29) is 19.1 Å². The first-order valence-electron chi connectivity index (χ1n) is 6.52. The molecule has 1 rings (SSSR count). The van der Waals surface area contributed by atoms with Crippen LogP contribution in [-0.4, -0.2) is 37.4 Å². The van der Waals surface area contributed by atoms with Gasteiger partial charge in [-0.15, -0.1) is 0 Å². The van der Waals surface area contributed by atoms with Crippen LogP contribution in [0.5, 0.6) is 0 Å². The standard InChI is InChI=1S/C15H23NO3/c1-11-6-12(2)8-13(7-11)4-5-15(18)16-9-14(17)10-19-3/h6-8,14,17H,4-5,9-10H2,1-3H3,(H,16,18). The molecule has 2 N–H and O–H groups in total. The summed E-state index contributed by atoms with van der Waals surface area (Å²) in [6.07, 6.45) is 0.507. The van der Waals surface area contributed by atoms with Crippen molar-refractivity contribution in [1.82, 2.24) is 5.32 Å². The van der Waals surface area contributed by atoms with E-state index in [4.69, 9.17) is 4.74 Å². The molecule has 106 valence electrons. The number of nitrogens with one attached hydrogen (secondary N) is 1. The molecule has 1 atom stereocenters. The molecule has 0 radical (unpaired) electrons. The van der Waals surface area contributed by atoms with Crippen molar-refractivity contribution in [1.29, 1.82) is 0 Å². The van der Waals surface area contributed by atoms with Gasteiger partial charge in [-0.1, -0.05) is 29.3 Å². The van der Waals surface area contributed by atoms with Gasteiger partial charge < -0.3 is 15.2 Å². The van der Waals surface area contributed by atoms with E-state index in [2.05, 4.69) is 37.4 Å². The summed E-state index contributed by atoms with van der Waals surface area (Å²) in [6, 6.07) is 6.31. The van der Waals surface area contributed by atoms with E-state index < -0.39 is 6.10 Å². The number of aliphatic hydroxyl groups excluding tert-OH is 1. The predicted octanol–water partition coefficient (Wildman–Crippen LogP) is 1.36. The number of rotatable bonds is 7. The van der Waals surface area contributed by atoms with Crippen LogP contribution in [0, 0.1) is 13.8 Å². The summed E-state index contributed by atoms with van der Waals surface area (Å²) in [5, 5.41) is 12.1. The summed E-state index contributed by atoms with van der Waals surface area (Å²) >= 11 is 0. The number of aliphatic hydroxyl groups is 1. The van der Waals surface area contributed by atoms with E-state index in [1.807, 2.05) is 0 Å². The molecule has 1 aromatic carbocycles. The topological polar surface area (TPSA) is 58.6 Å². The van der Waals surface area contributed by atoms with Crippen molar-refractivity contribution in [2.24, 2.45) is 0 Å². The van der Waals surface area contributed by atoms with E-state index in [1.165, 1.54) is 23.8 Å².